The molecule has 1 saturated carbocycles. The highest BCUT2D eigenvalue weighted by atomic mass is 15.2. The lowest BCUT2D eigenvalue weighted by Gasteiger charge is -2.22. The maximum atomic E-state index is 4.80. The first-order valence-corrected chi connectivity index (χ1v) is 7.77. The second kappa shape index (κ2) is 6.02. The van der Waals surface area contributed by atoms with Crippen molar-refractivity contribution in [3.05, 3.63) is 29.6 Å². The second-order valence-corrected chi connectivity index (χ2v) is 5.95. The van der Waals surface area contributed by atoms with Crippen molar-refractivity contribution in [2.24, 2.45) is 0 Å². The Labute approximate surface area is 116 Å². The van der Waals surface area contributed by atoms with Crippen LogP contribution in [-0.2, 0) is 13.1 Å². The lowest BCUT2D eigenvalue weighted by Crippen LogP contribution is -2.28. The van der Waals surface area contributed by atoms with Crippen LogP contribution in [0.2, 0.25) is 0 Å². The topological polar surface area (TPSA) is 28.2 Å². The standard InChI is InChI=1S/C16H25N3/c1-2-16-7-4-10-19(16)12-15-6-3-5-14(18-15)11-17-13-8-9-13/h3,5-6,13,16-17H,2,4,7-12H2,1H3. The summed E-state index contributed by atoms with van der Waals surface area (Å²) in [6.07, 6.45) is 6.65. The van der Waals surface area contributed by atoms with Crippen LogP contribution in [0.5, 0.6) is 0 Å². The van der Waals surface area contributed by atoms with Gasteiger partial charge in [0.2, 0.25) is 0 Å². The number of rotatable bonds is 6. The molecule has 2 aliphatic rings. The van der Waals surface area contributed by atoms with Gasteiger partial charge >= 0.3 is 0 Å². The molecule has 3 heteroatoms. The molecule has 1 atom stereocenters. The first kappa shape index (κ1) is 13.1. The number of aromatic nitrogens is 1. The Balaban J connectivity index is 1.58. The van der Waals surface area contributed by atoms with E-state index < -0.39 is 0 Å². The smallest absolute Gasteiger partial charge is 0.0547 e. The van der Waals surface area contributed by atoms with E-state index in [1.807, 2.05) is 0 Å². The van der Waals surface area contributed by atoms with Gasteiger partial charge in [-0.3, -0.25) is 9.88 Å². The number of hydrogen-bond donors (Lipinski definition) is 1. The van der Waals surface area contributed by atoms with Crippen LogP contribution in [0, 0.1) is 0 Å². The Bertz CT molecular complexity index is 414. The fourth-order valence-corrected chi connectivity index (χ4v) is 3.03. The number of hydrogen-bond acceptors (Lipinski definition) is 3. The zero-order valence-electron chi connectivity index (χ0n) is 11.9. The van der Waals surface area contributed by atoms with Crippen LogP contribution < -0.4 is 5.32 Å². The van der Waals surface area contributed by atoms with E-state index in [9.17, 15) is 0 Å². The van der Waals surface area contributed by atoms with E-state index in [1.165, 1.54) is 50.0 Å². The molecule has 0 spiro atoms. The summed E-state index contributed by atoms with van der Waals surface area (Å²) in [6, 6.07) is 8.00. The highest BCUT2D eigenvalue weighted by Gasteiger charge is 2.23. The predicted molar refractivity (Wildman–Crippen MR) is 77.8 cm³/mol. The normalized spacial score (nSPS) is 23.9. The molecule has 0 aromatic carbocycles. The SMILES string of the molecule is CCC1CCCN1Cc1cccc(CNC2CC2)n1. The maximum Gasteiger partial charge on any atom is 0.0547 e. The average Bonchev–Trinajstić information content (AvgIpc) is 3.16. The molecular formula is C16H25N3. The van der Waals surface area contributed by atoms with Gasteiger partial charge in [0.25, 0.3) is 0 Å². The molecule has 2 heterocycles. The first-order valence-electron chi connectivity index (χ1n) is 7.77. The third-order valence-electron chi connectivity index (χ3n) is 4.35. The van der Waals surface area contributed by atoms with Crippen LogP contribution in [-0.4, -0.2) is 28.5 Å². The molecule has 1 N–H and O–H groups in total. The molecule has 0 bridgehead atoms. The van der Waals surface area contributed by atoms with E-state index in [2.05, 4.69) is 35.3 Å². The van der Waals surface area contributed by atoms with Crippen LogP contribution in [0.1, 0.15) is 50.4 Å². The van der Waals surface area contributed by atoms with Gasteiger partial charge in [0.15, 0.2) is 0 Å². The van der Waals surface area contributed by atoms with E-state index in [0.29, 0.717) is 0 Å². The van der Waals surface area contributed by atoms with Gasteiger partial charge in [-0.05, 0) is 50.8 Å². The van der Waals surface area contributed by atoms with Crippen molar-refractivity contribution in [2.75, 3.05) is 6.54 Å². The summed E-state index contributed by atoms with van der Waals surface area (Å²) in [4.78, 5) is 7.40. The third kappa shape index (κ3) is 3.54. The highest BCUT2D eigenvalue weighted by molar-refractivity contribution is 5.12. The molecule has 1 aliphatic carbocycles. The van der Waals surface area contributed by atoms with Gasteiger partial charge in [0.05, 0.1) is 11.4 Å². The van der Waals surface area contributed by atoms with Gasteiger partial charge in [0, 0.05) is 25.2 Å². The van der Waals surface area contributed by atoms with E-state index in [1.54, 1.807) is 0 Å². The molecule has 1 unspecified atom stereocenters. The van der Waals surface area contributed by atoms with Crippen molar-refractivity contribution >= 4 is 0 Å². The monoisotopic (exact) mass is 259 g/mol. The summed E-state index contributed by atoms with van der Waals surface area (Å²) >= 11 is 0. The lowest BCUT2D eigenvalue weighted by atomic mass is 10.1. The van der Waals surface area contributed by atoms with Gasteiger partial charge in [-0.25, -0.2) is 0 Å². The van der Waals surface area contributed by atoms with Gasteiger partial charge in [0.1, 0.15) is 0 Å². The summed E-state index contributed by atoms with van der Waals surface area (Å²) in [5.74, 6) is 0. The van der Waals surface area contributed by atoms with Crippen LogP contribution in [0.3, 0.4) is 0 Å². The molecule has 3 rings (SSSR count). The quantitative estimate of drug-likeness (QED) is 0.851. The molecule has 1 aromatic rings. The predicted octanol–water partition coefficient (Wildman–Crippen LogP) is 2.71. The summed E-state index contributed by atoms with van der Waals surface area (Å²) in [7, 11) is 0. The lowest BCUT2D eigenvalue weighted by molar-refractivity contribution is 0.237. The molecule has 1 saturated heterocycles. The largest absolute Gasteiger partial charge is 0.308 e. The fraction of sp³-hybridized carbons (Fsp3) is 0.688. The van der Waals surface area contributed by atoms with Crippen molar-refractivity contribution in [1.82, 2.24) is 15.2 Å². The van der Waals surface area contributed by atoms with Crippen LogP contribution >= 0.6 is 0 Å². The van der Waals surface area contributed by atoms with Crippen LogP contribution in [0.15, 0.2) is 18.2 Å². The number of likely N-dealkylation sites (tertiary alicyclic amines) is 1. The van der Waals surface area contributed by atoms with E-state index in [0.717, 1.165) is 25.2 Å². The summed E-state index contributed by atoms with van der Waals surface area (Å²) in [5.41, 5.74) is 2.42. The summed E-state index contributed by atoms with van der Waals surface area (Å²) in [6.45, 7) is 5.49. The summed E-state index contributed by atoms with van der Waals surface area (Å²) in [5, 5.41) is 3.54. The fourth-order valence-electron chi connectivity index (χ4n) is 3.03. The Morgan fingerprint density at radius 3 is 2.89 bits per heavy atom. The molecule has 3 nitrogen and oxygen atoms in total. The zero-order valence-corrected chi connectivity index (χ0v) is 11.9. The molecule has 1 aliphatic heterocycles. The van der Waals surface area contributed by atoms with Gasteiger partial charge in [-0.2, -0.15) is 0 Å². The van der Waals surface area contributed by atoms with Crippen molar-refractivity contribution in [2.45, 2.75) is 64.2 Å². The first-order chi connectivity index (χ1) is 9.35. The third-order valence-corrected chi connectivity index (χ3v) is 4.35. The molecule has 19 heavy (non-hydrogen) atoms. The van der Waals surface area contributed by atoms with E-state index in [-0.39, 0.29) is 0 Å². The minimum absolute atomic E-state index is 0.758. The number of pyridine rings is 1. The van der Waals surface area contributed by atoms with Crippen molar-refractivity contribution in [1.29, 1.82) is 0 Å². The molecular weight excluding hydrogens is 234 g/mol. The maximum absolute atomic E-state index is 4.80. The molecule has 2 fully saturated rings. The molecule has 104 valence electrons. The Morgan fingerprint density at radius 1 is 1.26 bits per heavy atom. The highest BCUT2D eigenvalue weighted by Crippen LogP contribution is 2.22. The Kier molecular flexibility index (Phi) is 4.14. The van der Waals surface area contributed by atoms with Crippen molar-refractivity contribution in [3.8, 4) is 0 Å². The van der Waals surface area contributed by atoms with Crippen molar-refractivity contribution in [3.63, 3.8) is 0 Å². The van der Waals surface area contributed by atoms with Gasteiger partial charge < -0.3 is 5.32 Å². The second-order valence-electron chi connectivity index (χ2n) is 5.95. The minimum Gasteiger partial charge on any atom is -0.308 e. The Hall–Kier alpha value is -0.930. The van der Waals surface area contributed by atoms with E-state index >= 15 is 0 Å². The Morgan fingerprint density at radius 2 is 2.11 bits per heavy atom. The van der Waals surface area contributed by atoms with Crippen LogP contribution in [0.25, 0.3) is 0 Å². The van der Waals surface area contributed by atoms with Crippen LogP contribution in [0.4, 0.5) is 0 Å². The molecule has 0 radical (unpaired) electrons. The minimum atomic E-state index is 0.758. The summed E-state index contributed by atoms with van der Waals surface area (Å²) < 4.78 is 0. The van der Waals surface area contributed by atoms with Gasteiger partial charge in [-0.1, -0.05) is 13.0 Å². The molecule has 1 aromatic heterocycles. The zero-order chi connectivity index (χ0) is 13.1. The average molecular weight is 259 g/mol. The number of nitrogens with zero attached hydrogens (tertiary/aromatic N) is 2. The van der Waals surface area contributed by atoms with Crippen molar-refractivity contribution < 1.29 is 0 Å². The van der Waals surface area contributed by atoms with Gasteiger partial charge in [-0.15, -0.1) is 0 Å². The molecule has 0 amide bonds. The number of nitrogens with one attached hydrogen (secondary N) is 1. The van der Waals surface area contributed by atoms with E-state index in [4.69, 9.17) is 4.98 Å².